The molecule has 1 aromatic carbocycles. The highest BCUT2D eigenvalue weighted by Crippen LogP contribution is 2.37. The van der Waals surface area contributed by atoms with Crippen LogP contribution in [0, 0.1) is 0 Å². The predicted molar refractivity (Wildman–Crippen MR) is 74.0 cm³/mol. The van der Waals surface area contributed by atoms with Crippen molar-refractivity contribution in [1.82, 2.24) is 9.55 Å². The Hall–Kier alpha value is -1.23. The van der Waals surface area contributed by atoms with E-state index < -0.39 is 9.76 Å². The average molecular weight is 320 g/mol. The summed E-state index contributed by atoms with van der Waals surface area (Å²) in [5, 5.41) is 8.94. The number of nitrogens with zero attached hydrogens (tertiary/aromatic N) is 2. The standard InChI is InChI=1S/C12H9Cl3N2O2/c13-12(14,15)11-16-4-5-17(11)7-8-2-1-3-9(6-8)10(18)19/h1-6H,7H2,(H,18,19). The molecule has 0 bridgehead atoms. The van der Waals surface area contributed by atoms with Crippen molar-refractivity contribution in [3.8, 4) is 0 Å². The molecule has 1 aromatic heterocycles. The maximum absolute atomic E-state index is 10.9. The van der Waals surface area contributed by atoms with E-state index in [0.29, 0.717) is 12.4 Å². The van der Waals surface area contributed by atoms with Crippen molar-refractivity contribution in [3.05, 3.63) is 53.6 Å². The molecule has 1 N–H and O–H groups in total. The van der Waals surface area contributed by atoms with Crippen LogP contribution >= 0.6 is 34.8 Å². The first-order chi connectivity index (χ1) is 8.88. The maximum atomic E-state index is 10.9. The van der Waals surface area contributed by atoms with Gasteiger partial charge in [0.25, 0.3) is 0 Å². The minimum atomic E-state index is -1.62. The van der Waals surface area contributed by atoms with Crippen molar-refractivity contribution in [2.24, 2.45) is 0 Å². The first-order valence-corrected chi connectivity index (χ1v) is 6.42. The van der Waals surface area contributed by atoms with E-state index in [1.54, 1.807) is 29.0 Å². The molecule has 100 valence electrons. The van der Waals surface area contributed by atoms with Crippen LogP contribution < -0.4 is 0 Å². The van der Waals surface area contributed by atoms with Gasteiger partial charge in [0, 0.05) is 18.9 Å². The quantitative estimate of drug-likeness (QED) is 0.882. The molecule has 0 amide bonds. The van der Waals surface area contributed by atoms with Crippen LogP contribution in [-0.4, -0.2) is 20.6 Å². The van der Waals surface area contributed by atoms with Crippen LogP contribution in [0.5, 0.6) is 0 Å². The Labute approximate surface area is 124 Å². The third-order valence-electron chi connectivity index (χ3n) is 2.50. The van der Waals surface area contributed by atoms with E-state index in [-0.39, 0.29) is 5.56 Å². The molecule has 0 unspecified atom stereocenters. The van der Waals surface area contributed by atoms with E-state index in [9.17, 15) is 4.79 Å². The second-order valence-corrected chi connectivity index (χ2v) is 6.16. The fourth-order valence-electron chi connectivity index (χ4n) is 1.69. The first kappa shape index (κ1) is 14.2. The monoisotopic (exact) mass is 318 g/mol. The summed E-state index contributed by atoms with van der Waals surface area (Å²) < 4.78 is 0.0435. The van der Waals surface area contributed by atoms with E-state index in [0.717, 1.165) is 5.56 Å². The van der Waals surface area contributed by atoms with E-state index in [1.165, 1.54) is 12.3 Å². The summed E-state index contributed by atoms with van der Waals surface area (Å²) in [7, 11) is 0. The largest absolute Gasteiger partial charge is 0.478 e. The Kier molecular flexibility index (Phi) is 4.04. The molecule has 0 atom stereocenters. The van der Waals surface area contributed by atoms with Gasteiger partial charge in [-0.2, -0.15) is 0 Å². The van der Waals surface area contributed by atoms with Crippen LogP contribution in [-0.2, 0) is 10.3 Å². The molecule has 4 nitrogen and oxygen atoms in total. The lowest BCUT2D eigenvalue weighted by atomic mass is 10.1. The Morgan fingerprint density at radius 1 is 1.37 bits per heavy atom. The molecule has 2 rings (SSSR count). The summed E-state index contributed by atoms with van der Waals surface area (Å²) in [4.78, 5) is 14.9. The zero-order valence-electron chi connectivity index (χ0n) is 9.55. The maximum Gasteiger partial charge on any atom is 0.335 e. The van der Waals surface area contributed by atoms with E-state index in [2.05, 4.69) is 4.98 Å². The third-order valence-corrected chi connectivity index (χ3v) is 3.00. The van der Waals surface area contributed by atoms with Crippen LogP contribution in [0.4, 0.5) is 0 Å². The summed E-state index contributed by atoms with van der Waals surface area (Å²) in [6.45, 7) is 0.379. The molecule has 0 aliphatic carbocycles. The molecule has 0 radical (unpaired) electrons. The fraction of sp³-hybridized carbons (Fsp3) is 0.167. The Morgan fingerprint density at radius 3 is 2.74 bits per heavy atom. The Morgan fingerprint density at radius 2 is 2.11 bits per heavy atom. The molecule has 0 spiro atoms. The van der Waals surface area contributed by atoms with Crippen molar-refractivity contribution >= 4 is 40.8 Å². The number of carbonyl (C=O) groups is 1. The number of alkyl halides is 3. The molecule has 0 saturated heterocycles. The van der Waals surface area contributed by atoms with Crippen LogP contribution in [0.15, 0.2) is 36.7 Å². The molecule has 2 aromatic rings. The van der Waals surface area contributed by atoms with Gasteiger partial charge in [0.05, 0.1) is 5.56 Å². The highest BCUT2D eigenvalue weighted by Gasteiger charge is 2.28. The summed E-state index contributed by atoms with van der Waals surface area (Å²) in [5.74, 6) is -0.688. The lowest BCUT2D eigenvalue weighted by Crippen LogP contribution is -2.12. The number of rotatable bonds is 3. The number of benzene rings is 1. The van der Waals surface area contributed by atoms with Crippen LogP contribution in [0.3, 0.4) is 0 Å². The minimum absolute atomic E-state index is 0.216. The topological polar surface area (TPSA) is 55.1 Å². The third kappa shape index (κ3) is 3.41. The number of aromatic carboxylic acids is 1. The summed E-state index contributed by atoms with van der Waals surface area (Å²) in [6.07, 6.45) is 3.20. The molecular formula is C12H9Cl3N2O2. The van der Waals surface area contributed by atoms with Crippen molar-refractivity contribution < 1.29 is 9.90 Å². The molecule has 7 heteroatoms. The van der Waals surface area contributed by atoms with Crippen molar-refractivity contribution in [1.29, 1.82) is 0 Å². The van der Waals surface area contributed by atoms with Crippen molar-refractivity contribution in [2.75, 3.05) is 0 Å². The number of carboxylic acids is 1. The van der Waals surface area contributed by atoms with Crippen molar-refractivity contribution in [2.45, 2.75) is 10.3 Å². The minimum Gasteiger partial charge on any atom is -0.478 e. The van der Waals surface area contributed by atoms with Crippen LogP contribution in [0.1, 0.15) is 21.7 Å². The van der Waals surface area contributed by atoms with Gasteiger partial charge in [0.2, 0.25) is 3.79 Å². The molecular weight excluding hydrogens is 311 g/mol. The average Bonchev–Trinajstić information content (AvgIpc) is 2.77. The predicted octanol–water partition coefficient (Wildman–Crippen LogP) is 3.46. The normalized spacial score (nSPS) is 11.5. The Balaban J connectivity index is 2.29. The molecule has 0 aliphatic rings. The molecule has 0 aliphatic heterocycles. The first-order valence-electron chi connectivity index (χ1n) is 5.28. The van der Waals surface area contributed by atoms with E-state index in [1.807, 2.05) is 0 Å². The summed E-state index contributed by atoms with van der Waals surface area (Å²) in [5.41, 5.74) is 1.00. The fourth-order valence-corrected chi connectivity index (χ4v) is 2.16. The molecule has 0 saturated carbocycles. The lowest BCUT2D eigenvalue weighted by molar-refractivity contribution is 0.0696. The van der Waals surface area contributed by atoms with Gasteiger partial charge in [-0.05, 0) is 17.7 Å². The number of imidazole rings is 1. The second-order valence-electron chi connectivity index (χ2n) is 3.88. The van der Waals surface area contributed by atoms with Gasteiger partial charge in [-0.3, -0.25) is 0 Å². The van der Waals surface area contributed by atoms with Crippen LogP contribution in [0.25, 0.3) is 0 Å². The lowest BCUT2D eigenvalue weighted by Gasteiger charge is -2.13. The molecule has 0 fully saturated rings. The summed E-state index contributed by atoms with van der Waals surface area (Å²) >= 11 is 17.4. The van der Waals surface area contributed by atoms with Gasteiger partial charge in [-0.25, -0.2) is 9.78 Å². The highest BCUT2D eigenvalue weighted by atomic mass is 35.6. The SMILES string of the molecule is O=C(O)c1cccc(Cn2ccnc2C(Cl)(Cl)Cl)c1. The van der Waals surface area contributed by atoms with Gasteiger partial charge >= 0.3 is 5.97 Å². The van der Waals surface area contributed by atoms with Gasteiger partial charge < -0.3 is 9.67 Å². The number of hydrogen-bond donors (Lipinski definition) is 1. The van der Waals surface area contributed by atoms with Crippen molar-refractivity contribution in [3.63, 3.8) is 0 Å². The zero-order valence-corrected chi connectivity index (χ0v) is 11.8. The van der Waals surface area contributed by atoms with E-state index in [4.69, 9.17) is 39.9 Å². The molecule has 1 heterocycles. The second kappa shape index (κ2) is 5.41. The number of hydrogen-bond acceptors (Lipinski definition) is 2. The van der Waals surface area contributed by atoms with Crippen LogP contribution in [0.2, 0.25) is 0 Å². The molecule has 19 heavy (non-hydrogen) atoms. The van der Waals surface area contributed by atoms with Gasteiger partial charge in [0.15, 0.2) is 5.82 Å². The summed E-state index contributed by atoms with van der Waals surface area (Å²) in [6, 6.07) is 6.57. The van der Waals surface area contributed by atoms with Gasteiger partial charge in [-0.1, -0.05) is 46.9 Å². The van der Waals surface area contributed by atoms with Gasteiger partial charge in [-0.15, -0.1) is 0 Å². The number of aromatic nitrogens is 2. The van der Waals surface area contributed by atoms with Gasteiger partial charge in [0.1, 0.15) is 0 Å². The Bertz CT molecular complexity index is 605. The highest BCUT2D eigenvalue weighted by molar-refractivity contribution is 6.66. The number of halogens is 3. The smallest absolute Gasteiger partial charge is 0.335 e. The zero-order chi connectivity index (χ0) is 14.0. The number of carboxylic acid groups (broad SMARTS) is 1. The van der Waals surface area contributed by atoms with E-state index >= 15 is 0 Å².